The molecule has 0 aliphatic carbocycles. The summed E-state index contributed by atoms with van der Waals surface area (Å²) in [5.74, 6) is 0. The smallest absolute Gasteiger partial charge is 0.241 e. The van der Waals surface area contributed by atoms with Gasteiger partial charge in [-0.2, -0.15) is 0 Å². The molecule has 0 spiro atoms. The summed E-state index contributed by atoms with van der Waals surface area (Å²) in [5, 5.41) is 3.04. The standard InChI is InChI=1S/C14H24N2O3S/c1-5-13(10-19-4)16-20(17,18)14-8-6-7-12(9-15-3)11(14)2/h6-8,13,15-16H,5,9-10H2,1-4H3. The van der Waals surface area contributed by atoms with Crippen molar-refractivity contribution in [3.05, 3.63) is 29.3 Å². The van der Waals surface area contributed by atoms with Crippen LogP contribution in [0.5, 0.6) is 0 Å². The first-order chi connectivity index (χ1) is 9.46. The maximum atomic E-state index is 12.5. The second-order valence-corrected chi connectivity index (χ2v) is 6.43. The highest BCUT2D eigenvalue weighted by Crippen LogP contribution is 2.19. The van der Waals surface area contributed by atoms with Gasteiger partial charge in [-0.15, -0.1) is 0 Å². The summed E-state index contributed by atoms with van der Waals surface area (Å²) >= 11 is 0. The quantitative estimate of drug-likeness (QED) is 0.762. The maximum absolute atomic E-state index is 12.5. The Labute approximate surface area is 121 Å². The zero-order chi connectivity index (χ0) is 15.2. The molecule has 6 heteroatoms. The molecule has 1 atom stereocenters. The molecule has 20 heavy (non-hydrogen) atoms. The highest BCUT2D eigenvalue weighted by Gasteiger charge is 2.21. The first-order valence-electron chi connectivity index (χ1n) is 6.70. The topological polar surface area (TPSA) is 67.4 Å². The number of methoxy groups -OCH3 is 1. The molecule has 2 N–H and O–H groups in total. The van der Waals surface area contributed by atoms with E-state index in [2.05, 4.69) is 10.0 Å². The summed E-state index contributed by atoms with van der Waals surface area (Å²) in [6.07, 6.45) is 0.683. The van der Waals surface area contributed by atoms with Gasteiger partial charge in [-0.1, -0.05) is 19.1 Å². The summed E-state index contributed by atoms with van der Waals surface area (Å²) in [5.41, 5.74) is 1.76. The lowest BCUT2D eigenvalue weighted by molar-refractivity contribution is 0.173. The lowest BCUT2D eigenvalue weighted by Gasteiger charge is -2.18. The summed E-state index contributed by atoms with van der Waals surface area (Å²) in [6, 6.07) is 5.12. The summed E-state index contributed by atoms with van der Waals surface area (Å²) in [6.45, 7) is 4.77. The van der Waals surface area contributed by atoms with Crippen LogP contribution in [-0.2, 0) is 21.3 Å². The Morgan fingerprint density at radius 2 is 2.05 bits per heavy atom. The van der Waals surface area contributed by atoms with E-state index in [1.165, 1.54) is 0 Å². The Hall–Kier alpha value is -0.950. The van der Waals surface area contributed by atoms with Gasteiger partial charge in [0.25, 0.3) is 0 Å². The molecule has 0 aromatic heterocycles. The van der Waals surface area contributed by atoms with E-state index in [0.29, 0.717) is 24.5 Å². The van der Waals surface area contributed by atoms with Crippen LogP contribution < -0.4 is 10.0 Å². The Kier molecular flexibility index (Phi) is 6.61. The molecule has 0 fully saturated rings. The number of benzene rings is 1. The molecule has 0 aliphatic rings. The molecular weight excluding hydrogens is 276 g/mol. The SMILES string of the molecule is CCC(COC)NS(=O)(=O)c1cccc(CNC)c1C. The second-order valence-electron chi connectivity index (χ2n) is 4.75. The summed E-state index contributed by atoms with van der Waals surface area (Å²) < 4.78 is 32.7. The van der Waals surface area contributed by atoms with Crippen LogP contribution in [0, 0.1) is 6.92 Å². The van der Waals surface area contributed by atoms with Crippen LogP contribution in [0.2, 0.25) is 0 Å². The van der Waals surface area contributed by atoms with E-state index in [1.807, 2.05) is 27.0 Å². The van der Waals surface area contributed by atoms with Gasteiger partial charge in [0.05, 0.1) is 11.5 Å². The van der Waals surface area contributed by atoms with E-state index in [1.54, 1.807) is 19.2 Å². The number of hydrogen-bond donors (Lipinski definition) is 2. The molecule has 5 nitrogen and oxygen atoms in total. The van der Waals surface area contributed by atoms with Gasteiger partial charge in [0.15, 0.2) is 0 Å². The molecule has 0 radical (unpaired) electrons. The van der Waals surface area contributed by atoms with Crippen LogP contribution in [0.1, 0.15) is 24.5 Å². The van der Waals surface area contributed by atoms with Gasteiger partial charge in [-0.05, 0) is 37.6 Å². The highest BCUT2D eigenvalue weighted by molar-refractivity contribution is 7.89. The lowest BCUT2D eigenvalue weighted by atomic mass is 10.1. The monoisotopic (exact) mass is 300 g/mol. The molecule has 0 saturated heterocycles. The van der Waals surface area contributed by atoms with E-state index in [4.69, 9.17) is 4.74 Å². The lowest BCUT2D eigenvalue weighted by Crippen LogP contribution is -2.37. The summed E-state index contributed by atoms with van der Waals surface area (Å²) in [7, 11) is -0.120. The second kappa shape index (κ2) is 7.73. The van der Waals surface area contributed by atoms with Gasteiger partial charge in [-0.25, -0.2) is 13.1 Å². The van der Waals surface area contributed by atoms with Crippen LogP contribution in [0.3, 0.4) is 0 Å². The molecule has 1 aromatic carbocycles. The van der Waals surface area contributed by atoms with E-state index in [9.17, 15) is 8.42 Å². The third kappa shape index (κ3) is 4.28. The number of nitrogens with one attached hydrogen (secondary N) is 2. The van der Waals surface area contributed by atoms with Crippen LogP contribution in [0.15, 0.2) is 23.1 Å². The molecule has 114 valence electrons. The molecule has 0 bridgehead atoms. The van der Waals surface area contributed by atoms with Gasteiger partial charge in [0.1, 0.15) is 0 Å². The van der Waals surface area contributed by atoms with Crippen LogP contribution in [0.25, 0.3) is 0 Å². The Morgan fingerprint density at radius 3 is 2.60 bits per heavy atom. The Morgan fingerprint density at radius 1 is 1.35 bits per heavy atom. The van der Waals surface area contributed by atoms with Crippen molar-refractivity contribution in [2.24, 2.45) is 0 Å². The predicted molar refractivity (Wildman–Crippen MR) is 80.2 cm³/mol. The van der Waals surface area contributed by atoms with Crippen LogP contribution in [-0.4, -0.2) is 35.2 Å². The molecular formula is C14H24N2O3S. The first-order valence-corrected chi connectivity index (χ1v) is 8.19. The maximum Gasteiger partial charge on any atom is 0.241 e. The molecule has 0 saturated carbocycles. The number of ether oxygens (including phenoxy) is 1. The minimum Gasteiger partial charge on any atom is -0.383 e. The minimum atomic E-state index is -3.52. The Bertz CT molecular complexity index is 529. The van der Waals surface area contributed by atoms with Gasteiger partial charge >= 0.3 is 0 Å². The predicted octanol–water partition coefficient (Wildman–Crippen LogP) is 1.42. The van der Waals surface area contributed by atoms with Gasteiger partial charge < -0.3 is 10.1 Å². The van der Waals surface area contributed by atoms with Crippen molar-refractivity contribution in [1.82, 2.24) is 10.0 Å². The zero-order valence-corrected chi connectivity index (χ0v) is 13.4. The van der Waals surface area contributed by atoms with E-state index in [-0.39, 0.29) is 6.04 Å². The van der Waals surface area contributed by atoms with Crippen molar-refractivity contribution in [3.8, 4) is 0 Å². The average molecular weight is 300 g/mol. The van der Waals surface area contributed by atoms with Crippen molar-refractivity contribution < 1.29 is 13.2 Å². The van der Waals surface area contributed by atoms with E-state index in [0.717, 1.165) is 11.1 Å². The number of hydrogen-bond acceptors (Lipinski definition) is 4. The van der Waals surface area contributed by atoms with Crippen LogP contribution >= 0.6 is 0 Å². The van der Waals surface area contributed by atoms with E-state index < -0.39 is 10.0 Å². The molecule has 1 aromatic rings. The van der Waals surface area contributed by atoms with Crippen LogP contribution in [0.4, 0.5) is 0 Å². The first kappa shape index (κ1) is 17.1. The van der Waals surface area contributed by atoms with Gasteiger partial charge in [0.2, 0.25) is 10.0 Å². The average Bonchev–Trinajstić information content (AvgIpc) is 2.40. The number of rotatable bonds is 8. The largest absolute Gasteiger partial charge is 0.383 e. The molecule has 0 aliphatic heterocycles. The third-order valence-corrected chi connectivity index (χ3v) is 4.90. The van der Waals surface area contributed by atoms with Crippen molar-refractivity contribution in [2.45, 2.75) is 37.8 Å². The van der Waals surface area contributed by atoms with Gasteiger partial charge in [-0.3, -0.25) is 0 Å². The summed E-state index contributed by atoms with van der Waals surface area (Å²) in [4.78, 5) is 0.333. The van der Waals surface area contributed by atoms with Crippen molar-refractivity contribution in [2.75, 3.05) is 20.8 Å². The fourth-order valence-electron chi connectivity index (χ4n) is 2.05. The molecule has 1 unspecified atom stereocenters. The Balaban J connectivity index is 3.06. The van der Waals surface area contributed by atoms with Crippen molar-refractivity contribution in [1.29, 1.82) is 0 Å². The normalized spacial score (nSPS) is 13.4. The zero-order valence-electron chi connectivity index (χ0n) is 12.6. The molecule has 0 heterocycles. The fraction of sp³-hybridized carbons (Fsp3) is 0.571. The van der Waals surface area contributed by atoms with Gasteiger partial charge in [0, 0.05) is 19.7 Å². The van der Waals surface area contributed by atoms with Crippen molar-refractivity contribution >= 4 is 10.0 Å². The van der Waals surface area contributed by atoms with Crippen molar-refractivity contribution in [3.63, 3.8) is 0 Å². The molecule has 0 amide bonds. The highest BCUT2D eigenvalue weighted by atomic mass is 32.2. The molecule has 1 rings (SSSR count). The van der Waals surface area contributed by atoms with E-state index >= 15 is 0 Å². The number of sulfonamides is 1. The fourth-order valence-corrected chi connectivity index (χ4v) is 3.64. The minimum absolute atomic E-state index is 0.211. The third-order valence-electron chi connectivity index (χ3n) is 3.24.